The molecule has 146 valence electrons. The Morgan fingerprint density at radius 3 is 2.61 bits per heavy atom. The van der Waals surface area contributed by atoms with Crippen LogP contribution in [0.5, 0.6) is 0 Å². The van der Waals surface area contributed by atoms with Crippen LogP contribution in [0.3, 0.4) is 0 Å². The molecule has 8 nitrogen and oxygen atoms in total. The van der Waals surface area contributed by atoms with E-state index in [0.29, 0.717) is 11.5 Å². The number of aryl methyl sites for hydroxylation is 1. The van der Waals surface area contributed by atoms with Gasteiger partial charge >= 0.3 is 0 Å². The summed E-state index contributed by atoms with van der Waals surface area (Å²) in [5.74, 6) is -1.86. The number of β-lactam (4-membered cyclic amide) rings is 1. The zero-order chi connectivity index (χ0) is 20.2. The predicted molar refractivity (Wildman–Crippen MR) is 99.0 cm³/mol. The number of amides is 2. The zero-order valence-corrected chi connectivity index (χ0v) is 16.3. The van der Waals surface area contributed by atoms with Crippen molar-refractivity contribution in [2.24, 2.45) is 0 Å². The van der Waals surface area contributed by atoms with Crippen LogP contribution in [-0.4, -0.2) is 50.0 Å². The lowest BCUT2D eigenvalue weighted by molar-refractivity contribution is -0.312. The molecule has 0 saturated carbocycles. The Kier molecular flexibility index (Phi) is 4.22. The molecular formula is C19H18N3O5S-. The average molecular weight is 400 g/mol. The maximum Gasteiger partial charge on any atom is 0.257 e. The van der Waals surface area contributed by atoms with Crippen LogP contribution in [0.15, 0.2) is 34.9 Å². The van der Waals surface area contributed by atoms with Crippen molar-refractivity contribution in [2.45, 2.75) is 43.0 Å². The first-order valence-corrected chi connectivity index (χ1v) is 9.64. The summed E-state index contributed by atoms with van der Waals surface area (Å²) in [4.78, 5) is 38.2. The van der Waals surface area contributed by atoms with Crippen molar-refractivity contribution in [3.05, 3.63) is 41.7 Å². The molecule has 2 aromatic rings. The van der Waals surface area contributed by atoms with E-state index in [1.165, 1.54) is 16.7 Å². The van der Waals surface area contributed by atoms with E-state index in [-0.39, 0.29) is 5.56 Å². The highest BCUT2D eigenvalue weighted by Crippen LogP contribution is 2.50. The van der Waals surface area contributed by atoms with Gasteiger partial charge in [0, 0.05) is 10.3 Å². The normalized spacial score (nSPS) is 25.2. The monoisotopic (exact) mass is 400 g/mol. The van der Waals surface area contributed by atoms with E-state index in [2.05, 4.69) is 10.5 Å². The molecule has 3 atom stereocenters. The number of hydrogen-bond donors (Lipinski definition) is 1. The molecule has 3 heterocycles. The van der Waals surface area contributed by atoms with Gasteiger partial charge in [-0.05, 0) is 20.8 Å². The second-order valence-electron chi connectivity index (χ2n) is 7.36. The highest BCUT2D eigenvalue weighted by molar-refractivity contribution is 8.01. The molecule has 2 fully saturated rings. The Balaban J connectivity index is 1.58. The van der Waals surface area contributed by atoms with E-state index in [0.717, 1.165) is 5.56 Å². The first kappa shape index (κ1) is 18.5. The fourth-order valence-electron chi connectivity index (χ4n) is 3.77. The maximum atomic E-state index is 12.9. The maximum absolute atomic E-state index is 12.9. The molecule has 0 spiro atoms. The van der Waals surface area contributed by atoms with Crippen LogP contribution >= 0.6 is 11.8 Å². The standard InChI is InChI=1S/C19H19N3O5S/c1-9-11(12(21-27-9)10-7-5-4-6-8-10)15(23)20-13-16(24)22-14(18(25)26)19(2,3)28-17(13)22/h4-8,13-14,17H,1-3H3,(H,20,23)(H,25,26)/p-1/t13?,14-,17+/m0/s1. The van der Waals surface area contributed by atoms with Crippen LogP contribution in [0.4, 0.5) is 0 Å². The number of carbonyl (C=O) groups is 3. The number of fused-ring (bicyclic) bond motifs is 1. The Morgan fingerprint density at radius 1 is 1.29 bits per heavy atom. The number of rotatable bonds is 4. The van der Waals surface area contributed by atoms with E-state index in [1.807, 2.05) is 30.3 Å². The summed E-state index contributed by atoms with van der Waals surface area (Å²) >= 11 is 1.34. The molecule has 2 aliphatic heterocycles. The molecule has 0 aliphatic carbocycles. The topological polar surface area (TPSA) is 116 Å². The third-order valence-electron chi connectivity index (χ3n) is 5.09. The largest absolute Gasteiger partial charge is 0.548 e. The van der Waals surface area contributed by atoms with Gasteiger partial charge in [-0.1, -0.05) is 35.5 Å². The minimum atomic E-state index is -1.29. The van der Waals surface area contributed by atoms with Crippen LogP contribution in [0, 0.1) is 6.92 Å². The van der Waals surface area contributed by atoms with Gasteiger partial charge in [-0.25, -0.2) is 0 Å². The predicted octanol–water partition coefficient (Wildman–Crippen LogP) is 0.561. The lowest BCUT2D eigenvalue weighted by Gasteiger charge is -2.45. The summed E-state index contributed by atoms with van der Waals surface area (Å²) in [6.45, 7) is 5.13. The Hall–Kier alpha value is -2.81. The van der Waals surface area contributed by atoms with E-state index >= 15 is 0 Å². The van der Waals surface area contributed by atoms with E-state index in [9.17, 15) is 19.5 Å². The first-order chi connectivity index (χ1) is 13.2. The van der Waals surface area contributed by atoms with Crippen LogP contribution in [0.1, 0.15) is 30.0 Å². The Labute approximate surface area is 165 Å². The minimum absolute atomic E-state index is 0.260. The molecule has 0 radical (unpaired) electrons. The van der Waals surface area contributed by atoms with Crippen molar-refractivity contribution in [1.82, 2.24) is 15.4 Å². The molecule has 2 aliphatic rings. The molecule has 2 amide bonds. The van der Waals surface area contributed by atoms with Gasteiger partial charge in [-0.2, -0.15) is 0 Å². The summed E-state index contributed by atoms with van der Waals surface area (Å²) in [5.41, 5.74) is 1.38. The van der Waals surface area contributed by atoms with E-state index in [4.69, 9.17) is 4.52 Å². The van der Waals surface area contributed by atoms with Gasteiger partial charge in [-0.3, -0.25) is 9.59 Å². The Morgan fingerprint density at radius 2 is 1.96 bits per heavy atom. The molecule has 4 rings (SSSR count). The van der Waals surface area contributed by atoms with Gasteiger partial charge in [0.05, 0.1) is 12.0 Å². The highest BCUT2D eigenvalue weighted by Gasteiger charge is 2.62. The van der Waals surface area contributed by atoms with Gasteiger partial charge < -0.3 is 24.6 Å². The molecule has 1 unspecified atom stereocenters. The summed E-state index contributed by atoms with van der Waals surface area (Å²) in [7, 11) is 0. The number of carbonyl (C=O) groups excluding carboxylic acids is 3. The molecular weight excluding hydrogens is 382 g/mol. The lowest BCUT2D eigenvalue weighted by Crippen LogP contribution is -2.71. The molecule has 0 bridgehead atoms. The number of nitrogens with zero attached hydrogens (tertiary/aromatic N) is 2. The summed E-state index contributed by atoms with van der Waals surface area (Å²) in [5, 5.41) is 17.7. The van der Waals surface area contributed by atoms with Crippen molar-refractivity contribution < 1.29 is 24.0 Å². The van der Waals surface area contributed by atoms with Crippen LogP contribution in [-0.2, 0) is 9.59 Å². The molecule has 9 heteroatoms. The summed E-state index contributed by atoms with van der Waals surface area (Å²) < 4.78 is 4.49. The molecule has 28 heavy (non-hydrogen) atoms. The number of carboxylic acid groups (broad SMARTS) is 1. The number of aromatic nitrogens is 1. The lowest BCUT2D eigenvalue weighted by atomic mass is 9.95. The van der Waals surface area contributed by atoms with E-state index in [1.54, 1.807) is 20.8 Å². The summed E-state index contributed by atoms with van der Waals surface area (Å²) in [6, 6.07) is 7.29. The highest BCUT2D eigenvalue weighted by atomic mass is 32.2. The molecule has 1 aromatic heterocycles. The van der Waals surface area contributed by atoms with Gasteiger partial charge in [0.15, 0.2) is 0 Å². The zero-order valence-electron chi connectivity index (χ0n) is 15.5. The van der Waals surface area contributed by atoms with Gasteiger partial charge in [0.25, 0.3) is 5.91 Å². The van der Waals surface area contributed by atoms with Crippen molar-refractivity contribution in [2.75, 3.05) is 0 Å². The third-order valence-corrected chi connectivity index (χ3v) is 6.66. The van der Waals surface area contributed by atoms with E-state index < -0.39 is 40.0 Å². The number of carboxylic acids is 1. The first-order valence-electron chi connectivity index (χ1n) is 8.76. The minimum Gasteiger partial charge on any atom is -0.548 e. The molecule has 1 N–H and O–H groups in total. The number of nitrogens with one attached hydrogen (secondary N) is 1. The number of hydrogen-bond acceptors (Lipinski definition) is 7. The van der Waals surface area contributed by atoms with Gasteiger partial charge in [-0.15, -0.1) is 11.8 Å². The van der Waals surface area contributed by atoms with Gasteiger partial charge in [0.1, 0.15) is 28.4 Å². The van der Waals surface area contributed by atoms with Crippen LogP contribution < -0.4 is 10.4 Å². The second-order valence-corrected chi connectivity index (χ2v) is 9.13. The molecule has 2 saturated heterocycles. The van der Waals surface area contributed by atoms with Crippen LogP contribution in [0.2, 0.25) is 0 Å². The number of aliphatic carboxylic acids is 1. The quantitative estimate of drug-likeness (QED) is 0.746. The summed E-state index contributed by atoms with van der Waals surface area (Å²) in [6.07, 6.45) is 0. The third kappa shape index (κ3) is 2.69. The second kappa shape index (κ2) is 6.37. The smallest absolute Gasteiger partial charge is 0.257 e. The van der Waals surface area contributed by atoms with Gasteiger partial charge in [0.2, 0.25) is 5.91 Å². The fourth-order valence-corrected chi connectivity index (χ4v) is 5.39. The average Bonchev–Trinajstić information content (AvgIpc) is 3.15. The van der Waals surface area contributed by atoms with Crippen molar-refractivity contribution in [3.63, 3.8) is 0 Å². The SMILES string of the molecule is Cc1onc(-c2ccccc2)c1C(=O)NC1C(=O)N2[C@@H]1SC(C)(C)[C@@H]2C(=O)[O-]. The van der Waals surface area contributed by atoms with Crippen molar-refractivity contribution in [1.29, 1.82) is 0 Å². The fraction of sp³-hybridized carbons (Fsp3) is 0.368. The number of benzene rings is 1. The Bertz CT molecular complexity index is 971. The van der Waals surface area contributed by atoms with Crippen LogP contribution in [0.25, 0.3) is 11.3 Å². The molecule has 1 aromatic carbocycles. The van der Waals surface area contributed by atoms with Crippen molar-refractivity contribution in [3.8, 4) is 11.3 Å². The number of thioether (sulfide) groups is 1. The van der Waals surface area contributed by atoms with Crippen molar-refractivity contribution >= 4 is 29.5 Å².